The van der Waals surface area contributed by atoms with E-state index < -0.39 is 10.2 Å². The van der Waals surface area contributed by atoms with E-state index in [2.05, 4.69) is 0 Å². The molecule has 10 heteroatoms. The normalized spacial score (nSPS) is 4.80. The molecular weight excluding hydrogens is 186 g/mol. The summed E-state index contributed by atoms with van der Waals surface area (Å²) in [6, 6.07) is 0. The van der Waals surface area contributed by atoms with Crippen molar-refractivity contribution in [3.8, 4) is 0 Å². The molecule has 0 saturated heterocycles. The van der Waals surface area contributed by atoms with E-state index in [-0.39, 0.29) is 80.9 Å². The summed E-state index contributed by atoms with van der Waals surface area (Å²) in [7, 11) is 0. The van der Waals surface area contributed by atoms with Crippen LogP contribution in [0.2, 0.25) is 0 Å². The van der Waals surface area contributed by atoms with Crippen molar-refractivity contribution in [2.45, 2.75) is 0 Å². The van der Waals surface area contributed by atoms with Crippen LogP contribution in [0.5, 0.6) is 0 Å². The minimum atomic E-state index is -1.75. The molecule has 0 amide bonds. The number of nitrogens with zero attached hydrogens (tertiary/aromatic N) is 2. The van der Waals surface area contributed by atoms with Gasteiger partial charge in [-0.3, -0.25) is 0 Å². The molecule has 0 aromatic carbocycles. The topological polar surface area (TPSA) is 132 Å². The second kappa shape index (κ2) is 16.6. The molecule has 0 aromatic heterocycles. The molecule has 0 aliphatic heterocycles. The van der Waals surface area contributed by atoms with Gasteiger partial charge in [0.25, 0.3) is 0 Å². The van der Waals surface area contributed by atoms with Crippen LogP contribution in [-0.4, -0.2) is 10.2 Å². The maximum atomic E-state index is 8.25. The molecule has 48 valence electrons. The number of rotatable bonds is 0. The van der Waals surface area contributed by atoms with Crippen LogP contribution < -0.4 is 80.9 Å². The third kappa shape index (κ3) is 543. The second-order valence-corrected chi connectivity index (χ2v) is 0.447. The zero-order valence-electron chi connectivity index (χ0n) is 5.34. The first kappa shape index (κ1) is 22.5. The van der Waals surface area contributed by atoms with Crippen molar-refractivity contribution < 1.29 is 91.1 Å². The van der Waals surface area contributed by atoms with Gasteiger partial charge in [-0.05, 0) is 0 Å². The summed E-state index contributed by atoms with van der Waals surface area (Å²) in [4.78, 5) is 16.5. The third-order valence-electron chi connectivity index (χ3n) is 0. The Hall–Kier alpha value is 1.04. The van der Waals surface area contributed by atoms with E-state index in [0.717, 1.165) is 0 Å². The molecule has 0 atom stereocenters. The minimum Gasteiger partial charge on any atom is -0.356 e. The molecule has 0 heterocycles. The Bertz CT molecular complexity index is 73.7. The van der Waals surface area contributed by atoms with Crippen LogP contribution >= 0.6 is 0 Å². The summed E-state index contributed by atoms with van der Waals surface area (Å²) in [5.74, 6) is 0. The van der Waals surface area contributed by atoms with Crippen molar-refractivity contribution in [1.82, 2.24) is 0 Å². The second-order valence-electron chi connectivity index (χ2n) is 0.447. The van der Waals surface area contributed by atoms with E-state index in [9.17, 15) is 0 Å². The van der Waals surface area contributed by atoms with Gasteiger partial charge in [0, 0.05) is 0 Å². The molecule has 0 saturated carbocycles. The van der Waals surface area contributed by atoms with Crippen molar-refractivity contribution in [3.63, 3.8) is 0 Å². The van der Waals surface area contributed by atoms with E-state index in [1.807, 2.05) is 0 Å². The fraction of sp³-hybridized carbons (Fsp3) is 0. The van der Waals surface area contributed by atoms with E-state index >= 15 is 0 Å². The predicted molar refractivity (Wildman–Crippen MR) is 20.7 cm³/mol. The van der Waals surface area contributed by atoms with Crippen molar-refractivity contribution in [2.75, 3.05) is 0 Å². The average molecular weight is 186 g/mol. The Balaban J connectivity index is -0.0000000300. The first-order valence-electron chi connectivity index (χ1n) is 1.10. The summed E-state index contributed by atoms with van der Waals surface area (Å²) < 4.78 is 0. The Kier molecular flexibility index (Phi) is 37.2. The Morgan fingerprint density at radius 1 is 0.800 bits per heavy atom. The largest absolute Gasteiger partial charge is 1.00 e. The predicted octanol–water partition coefficient (Wildman–Crippen LogP) is -6.47. The minimum absolute atomic E-state index is 0. The van der Waals surface area contributed by atoms with Crippen LogP contribution in [0.4, 0.5) is 0 Å². The van der Waals surface area contributed by atoms with E-state index in [4.69, 9.17) is 30.6 Å². The summed E-state index contributed by atoms with van der Waals surface area (Å²) in [5, 5.41) is 29.5. The van der Waals surface area contributed by atoms with E-state index in [1.165, 1.54) is 0 Å². The maximum Gasteiger partial charge on any atom is 1.00 e. The van der Waals surface area contributed by atoms with Crippen LogP contribution in [0.1, 0.15) is 0 Å². The van der Waals surface area contributed by atoms with E-state index in [0.29, 0.717) is 0 Å². The summed E-state index contributed by atoms with van der Waals surface area (Å²) >= 11 is 0. The van der Waals surface area contributed by atoms with Crippen LogP contribution in [0.15, 0.2) is 0 Å². The van der Waals surface area contributed by atoms with Crippen molar-refractivity contribution in [2.24, 2.45) is 0 Å². The zero-order valence-corrected chi connectivity index (χ0v) is 10.5. The van der Waals surface area contributed by atoms with Gasteiger partial charge >= 0.3 is 80.9 Å². The number of hydrogen-bond donors (Lipinski definition) is 0. The molecular formula is KN2NaO6. The quantitative estimate of drug-likeness (QED) is 0.210. The molecule has 0 aliphatic rings. The fourth-order valence-corrected chi connectivity index (χ4v) is 0. The first-order valence-corrected chi connectivity index (χ1v) is 1.10. The smallest absolute Gasteiger partial charge is 0.356 e. The van der Waals surface area contributed by atoms with Gasteiger partial charge in [-0.15, -0.1) is 0 Å². The Morgan fingerprint density at radius 3 is 0.800 bits per heavy atom. The van der Waals surface area contributed by atoms with Gasteiger partial charge in [0.15, 0.2) is 0 Å². The van der Waals surface area contributed by atoms with Gasteiger partial charge in [-0.25, -0.2) is 0 Å². The van der Waals surface area contributed by atoms with Crippen LogP contribution in [0, 0.1) is 30.6 Å². The van der Waals surface area contributed by atoms with Gasteiger partial charge in [0.05, 0.1) is 10.2 Å². The fourth-order valence-electron chi connectivity index (χ4n) is 0. The van der Waals surface area contributed by atoms with Crippen molar-refractivity contribution in [3.05, 3.63) is 30.6 Å². The van der Waals surface area contributed by atoms with Crippen LogP contribution in [0.3, 0.4) is 0 Å². The molecule has 0 rings (SSSR count). The average Bonchev–Trinajstić information content (AvgIpc) is 1.25. The van der Waals surface area contributed by atoms with Crippen LogP contribution in [-0.2, 0) is 0 Å². The van der Waals surface area contributed by atoms with Gasteiger partial charge in [-0.2, -0.15) is 0 Å². The maximum absolute atomic E-state index is 8.25. The zero-order chi connectivity index (χ0) is 7.15. The third-order valence-corrected chi connectivity index (χ3v) is 0. The molecule has 10 heavy (non-hydrogen) atoms. The standard InChI is InChI=1S/K.2NO3.Na/c;2*2-1(3)4;/q+1;2*-1;+1. The van der Waals surface area contributed by atoms with Gasteiger partial charge < -0.3 is 30.6 Å². The van der Waals surface area contributed by atoms with Gasteiger partial charge in [-0.1, -0.05) is 0 Å². The van der Waals surface area contributed by atoms with Gasteiger partial charge in [0.1, 0.15) is 0 Å². The monoisotopic (exact) mass is 186 g/mol. The summed E-state index contributed by atoms with van der Waals surface area (Å²) in [6.07, 6.45) is 0. The molecule has 0 radical (unpaired) electrons. The van der Waals surface area contributed by atoms with Gasteiger partial charge in [0.2, 0.25) is 0 Å². The number of hydrogen-bond acceptors (Lipinski definition) is 6. The molecule has 0 unspecified atom stereocenters. The molecule has 0 aromatic rings. The Morgan fingerprint density at radius 2 is 0.800 bits per heavy atom. The summed E-state index contributed by atoms with van der Waals surface area (Å²) in [5.41, 5.74) is 0. The molecule has 0 N–H and O–H groups in total. The Labute approximate surface area is 120 Å². The molecule has 0 bridgehead atoms. The van der Waals surface area contributed by atoms with E-state index in [1.54, 1.807) is 0 Å². The van der Waals surface area contributed by atoms with Crippen molar-refractivity contribution >= 4 is 0 Å². The summed E-state index contributed by atoms with van der Waals surface area (Å²) in [6.45, 7) is 0. The molecule has 0 fully saturated rings. The first-order chi connectivity index (χ1) is 3.46. The molecule has 0 aliphatic carbocycles. The molecule has 8 nitrogen and oxygen atoms in total. The SMILES string of the molecule is O=[N+]([O-])[O-].O=[N+]([O-])[O-].[K+].[Na+]. The molecule has 0 spiro atoms. The van der Waals surface area contributed by atoms with Crippen LogP contribution in [0.25, 0.3) is 0 Å². The van der Waals surface area contributed by atoms with Crippen molar-refractivity contribution in [1.29, 1.82) is 0 Å².